The summed E-state index contributed by atoms with van der Waals surface area (Å²) in [5.74, 6) is -1.18. The normalized spacial score (nSPS) is 17.6. The van der Waals surface area contributed by atoms with Crippen LogP contribution in [0.1, 0.15) is 50.7 Å². The molecule has 2 aliphatic rings. The van der Waals surface area contributed by atoms with Crippen molar-refractivity contribution in [2.75, 3.05) is 13.1 Å². The van der Waals surface area contributed by atoms with Crippen molar-refractivity contribution in [3.05, 3.63) is 53.6 Å². The van der Waals surface area contributed by atoms with Gasteiger partial charge in [0.25, 0.3) is 0 Å². The Bertz CT molecular complexity index is 1100. The van der Waals surface area contributed by atoms with Crippen LogP contribution in [0.4, 0.5) is 13.2 Å². The van der Waals surface area contributed by atoms with Crippen LogP contribution in [0.3, 0.4) is 0 Å². The Hall–Kier alpha value is -3.07. The predicted octanol–water partition coefficient (Wildman–Crippen LogP) is 5.49. The SMILES string of the molecule is CC(C)(CC(=O)O)CC(=O)N1CCC2(CC1)OCc1cc(-c3ccc(C(F)(F)F)cc3)ccc1O2. The molecular formula is C26H28F3NO5. The van der Waals surface area contributed by atoms with E-state index in [1.165, 1.54) is 12.1 Å². The molecule has 2 aromatic carbocycles. The first-order valence-corrected chi connectivity index (χ1v) is 11.5. The van der Waals surface area contributed by atoms with Gasteiger partial charge < -0.3 is 19.5 Å². The second kappa shape index (κ2) is 9.18. The zero-order valence-corrected chi connectivity index (χ0v) is 19.7. The number of hydrogen-bond donors (Lipinski definition) is 1. The first-order chi connectivity index (χ1) is 16.4. The molecule has 0 bridgehead atoms. The van der Waals surface area contributed by atoms with Crippen molar-refractivity contribution in [2.45, 2.75) is 58.1 Å². The average molecular weight is 492 g/mol. The highest BCUT2D eigenvalue weighted by Gasteiger charge is 2.42. The number of aliphatic carboxylic acids is 1. The van der Waals surface area contributed by atoms with Crippen molar-refractivity contribution in [2.24, 2.45) is 5.41 Å². The summed E-state index contributed by atoms with van der Waals surface area (Å²) in [6.45, 7) is 4.73. The third kappa shape index (κ3) is 5.78. The number of benzene rings is 2. The number of carbonyl (C=O) groups excluding carboxylic acids is 1. The van der Waals surface area contributed by atoms with Crippen LogP contribution in [0, 0.1) is 5.41 Å². The van der Waals surface area contributed by atoms with E-state index in [0.717, 1.165) is 23.3 Å². The van der Waals surface area contributed by atoms with Gasteiger partial charge >= 0.3 is 12.1 Å². The molecule has 1 spiro atoms. The molecule has 1 amide bonds. The van der Waals surface area contributed by atoms with Crippen molar-refractivity contribution in [1.29, 1.82) is 0 Å². The van der Waals surface area contributed by atoms with E-state index in [-0.39, 0.29) is 18.7 Å². The van der Waals surface area contributed by atoms with E-state index in [9.17, 15) is 22.8 Å². The molecular weight excluding hydrogens is 463 g/mol. The number of likely N-dealkylation sites (tertiary alicyclic amines) is 1. The number of carboxylic acid groups (broad SMARTS) is 1. The van der Waals surface area contributed by atoms with E-state index in [1.807, 2.05) is 12.1 Å². The molecule has 6 nitrogen and oxygen atoms in total. The average Bonchev–Trinajstić information content (AvgIpc) is 2.77. The highest BCUT2D eigenvalue weighted by molar-refractivity contribution is 5.78. The third-order valence-electron chi connectivity index (χ3n) is 6.53. The Labute approximate surface area is 201 Å². The van der Waals surface area contributed by atoms with Crippen molar-refractivity contribution < 1.29 is 37.3 Å². The van der Waals surface area contributed by atoms with E-state index in [2.05, 4.69) is 0 Å². The highest BCUT2D eigenvalue weighted by Crippen LogP contribution is 2.40. The van der Waals surface area contributed by atoms with Gasteiger partial charge in [0.15, 0.2) is 0 Å². The Kier molecular flexibility index (Phi) is 6.57. The standard InChI is InChI=1S/C26H28F3NO5/c1-24(2,15-23(32)33)14-22(31)30-11-9-25(10-12-30)34-16-19-13-18(5-8-21(19)35-25)17-3-6-20(7-4-17)26(27,28)29/h3-8,13H,9-12,14-16H2,1-2H3,(H,32,33). The Morgan fingerprint density at radius 1 is 1.00 bits per heavy atom. The number of piperidine rings is 1. The molecule has 2 aromatic rings. The minimum absolute atomic E-state index is 0.0754. The maximum absolute atomic E-state index is 12.8. The van der Waals surface area contributed by atoms with Gasteiger partial charge in [-0.3, -0.25) is 9.59 Å². The van der Waals surface area contributed by atoms with Crippen LogP contribution in [0.5, 0.6) is 5.75 Å². The van der Waals surface area contributed by atoms with Gasteiger partial charge in [-0.2, -0.15) is 13.2 Å². The minimum atomic E-state index is -4.38. The van der Waals surface area contributed by atoms with Crippen molar-refractivity contribution in [1.82, 2.24) is 4.90 Å². The zero-order valence-electron chi connectivity index (χ0n) is 19.7. The number of ether oxygens (including phenoxy) is 2. The fourth-order valence-electron chi connectivity index (χ4n) is 4.60. The quantitative estimate of drug-likeness (QED) is 0.599. The number of amides is 1. The number of hydrogen-bond acceptors (Lipinski definition) is 4. The summed E-state index contributed by atoms with van der Waals surface area (Å²) in [6, 6.07) is 10.5. The summed E-state index contributed by atoms with van der Waals surface area (Å²) in [6.07, 6.45) is -3.33. The monoisotopic (exact) mass is 491 g/mol. The van der Waals surface area contributed by atoms with Crippen molar-refractivity contribution in [3.8, 4) is 16.9 Å². The van der Waals surface area contributed by atoms with Crippen LogP contribution in [-0.4, -0.2) is 40.8 Å². The summed E-state index contributed by atoms with van der Waals surface area (Å²) in [5.41, 5.74) is 0.924. The van der Waals surface area contributed by atoms with E-state index in [4.69, 9.17) is 14.6 Å². The lowest BCUT2D eigenvalue weighted by Gasteiger charge is -2.44. The van der Waals surface area contributed by atoms with Gasteiger partial charge in [-0.05, 0) is 40.8 Å². The van der Waals surface area contributed by atoms with Gasteiger partial charge in [0.1, 0.15) is 5.75 Å². The van der Waals surface area contributed by atoms with Gasteiger partial charge in [-0.25, -0.2) is 0 Å². The molecule has 0 aromatic heterocycles. The van der Waals surface area contributed by atoms with Crippen molar-refractivity contribution in [3.63, 3.8) is 0 Å². The van der Waals surface area contributed by atoms with E-state index < -0.39 is 28.9 Å². The lowest BCUT2D eigenvalue weighted by Crippen LogP contribution is -2.52. The molecule has 0 atom stereocenters. The smallest absolute Gasteiger partial charge is 0.416 e. The zero-order chi connectivity index (χ0) is 25.4. The molecule has 0 saturated carbocycles. The second-order valence-electron chi connectivity index (χ2n) is 9.99. The molecule has 9 heteroatoms. The maximum atomic E-state index is 12.8. The highest BCUT2D eigenvalue weighted by atomic mass is 19.4. The number of rotatable bonds is 5. The molecule has 1 N–H and O–H groups in total. The maximum Gasteiger partial charge on any atom is 0.416 e. The van der Waals surface area contributed by atoms with Gasteiger partial charge in [0, 0.05) is 37.9 Å². The van der Waals surface area contributed by atoms with Crippen LogP contribution in [0.25, 0.3) is 11.1 Å². The summed E-state index contributed by atoms with van der Waals surface area (Å²) in [5, 5.41) is 9.04. The van der Waals surface area contributed by atoms with Crippen LogP contribution < -0.4 is 4.74 Å². The number of fused-ring (bicyclic) bond motifs is 1. The molecule has 4 rings (SSSR count). The minimum Gasteiger partial charge on any atom is -0.481 e. The van der Waals surface area contributed by atoms with Crippen LogP contribution in [-0.2, 0) is 27.1 Å². The fourth-order valence-corrected chi connectivity index (χ4v) is 4.60. The fraction of sp³-hybridized carbons (Fsp3) is 0.462. The van der Waals surface area contributed by atoms with Crippen LogP contribution >= 0.6 is 0 Å². The number of carbonyl (C=O) groups is 2. The molecule has 35 heavy (non-hydrogen) atoms. The Morgan fingerprint density at radius 3 is 2.23 bits per heavy atom. The van der Waals surface area contributed by atoms with Crippen LogP contribution in [0.15, 0.2) is 42.5 Å². The van der Waals surface area contributed by atoms with E-state index in [0.29, 0.717) is 43.9 Å². The predicted molar refractivity (Wildman–Crippen MR) is 121 cm³/mol. The molecule has 0 aliphatic carbocycles. The van der Waals surface area contributed by atoms with E-state index >= 15 is 0 Å². The second-order valence-corrected chi connectivity index (χ2v) is 9.99. The topological polar surface area (TPSA) is 76.1 Å². The molecule has 188 valence electrons. The lowest BCUT2D eigenvalue weighted by atomic mass is 9.85. The first-order valence-electron chi connectivity index (χ1n) is 11.5. The Balaban J connectivity index is 1.39. The third-order valence-corrected chi connectivity index (χ3v) is 6.53. The number of halogens is 3. The van der Waals surface area contributed by atoms with Crippen molar-refractivity contribution >= 4 is 11.9 Å². The summed E-state index contributed by atoms with van der Waals surface area (Å²) in [4.78, 5) is 25.5. The van der Waals surface area contributed by atoms with Gasteiger partial charge in [-0.1, -0.05) is 32.0 Å². The molecule has 1 saturated heterocycles. The molecule has 0 unspecified atom stereocenters. The molecule has 0 radical (unpaired) electrons. The number of alkyl halides is 3. The Morgan fingerprint density at radius 2 is 1.63 bits per heavy atom. The number of carboxylic acids is 1. The van der Waals surface area contributed by atoms with Gasteiger partial charge in [0.05, 0.1) is 18.6 Å². The molecule has 1 fully saturated rings. The lowest BCUT2D eigenvalue weighted by molar-refractivity contribution is -0.227. The first kappa shape index (κ1) is 25.0. The van der Waals surface area contributed by atoms with Gasteiger partial charge in [-0.15, -0.1) is 0 Å². The van der Waals surface area contributed by atoms with Crippen LogP contribution in [0.2, 0.25) is 0 Å². The molecule has 2 aliphatic heterocycles. The summed E-state index contributed by atoms with van der Waals surface area (Å²) >= 11 is 0. The molecule has 2 heterocycles. The summed E-state index contributed by atoms with van der Waals surface area (Å²) in [7, 11) is 0. The summed E-state index contributed by atoms with van der Waals surface area (Å²) < 4.78 is 50.8. The largest absolute Gasteiger partial charge is 0.481 e. The van der Waals surface area contributed by atoms with E-state index in [1.54, 1.807) is 24.8 Å². The van der Waals surface area contributed by atoms with Gasteiger partial charge in [0.2, 0.25) is 11.7 Å². The number of nitrogens with zero attached hydrogens (tertiary/aromatic N) is 1.